The number of amides is 1. The minimum Gasteiger partial charge on any atom is -0.326 e. The summed E-state index contributed by atoms with van der Waals surface area (Å²) in [5.41, 5.74) is 3.43. The van der Waals surface area contributed by atoms with Crippen molar-refractivity contribution in [2.24, 2.45) is 0 Å². The number of sulfonamides is 1. The number of benzene rings is 2. The number of carbonyl (C=O) groups is 1. The highest BCUT2D eigenvalue weighted by atomic mass is 32.2. The number of rotatable bonds is 7. The van der Waals surface area contributed by atoms with E-state index in [1.54, 1.807) is 6.07 Å². The van der Waals surface area contributed by atoms with Gasteiger partial charge in [0.05, 0.1) is 22.0 Å². The molecule has 1 amide bonds. The Balaban J connectivity index is 1.44. The van der Waals surface area contributed by atoms with Crippen LogP contribution in [0.4, 0.5) is 11.6 Å². The molecule has 2 N–H and O–H groups in total. The van der Waals surface area contributed by atoms with Gasteiger partial charge < -0.3 is 5.32 Å². The number of thiazole rings is 1. The predicted molar refractivity (Wildman–Crippen MR) is 129 cm³/mol. The van der Waals surface area contributed by atoms with Crippen LogP contribution in [0.2, 0.25) is 0 Å². The molecule has 2 heterocycles. The van der Waals surface area contributed by atoms with Crippen LogP contribution in [0.3, 0.4) is 0 Å². The Bertz CT molecular complexity index is 1370. The van der Waals surface area contributed by atoms with Gasteiger partial charge in [0.1, 0.15) is 0 Å². The van der Waals surface area contributed by atoms with E-state index in [-0.39, 0.29) is 23.2 Å². The molecule has 2 aromatic heterocycles. The number of nitrogens with one attached hydrogen (secondary N) is 2. The van der Waals surface area contributed by atoms with Gasteiger partial charge in [0.25, 0.3) is 10.0 Å². The van der Waals surface area contributed by atoms with Crippen molar-refractivity contribution in [1.29, 1.82) is 0 Å². The number of aromatic nitrogens is 3. The molecule has 0 saturated heterocycles. The summed E-state index contributed by atoms with van der Waals surface area (Å²) in [6, 6.07) is 15.5. The van der Waals surface area contributed by atoms with E-state index in [2.05, 4.69) is 25.0 Å². The number of hydrogen-bond donors (Lipinski definition) is 2. The molecule has 8 nitrogen and oxygen atoms in total. The van der Waals surface area contributed by atoms with Crippen LogP contribution in [0.15, 0.2) is 71.9 Å². The summed E-state index contributed by atoms with van der Waals surface area (Å²) in [6.45, 7) is 3.93. The zero-order valence-electron chi connectivity index (χ0n) is 17.9. The lowest BCUT2D eigenvalue weighted by Crippen LogP contribution is -2.16. The van der Waals surface area contributed by atoms with Crippen molar-refractivity contribution in [2.45, 2.75) is 25.2 Å². The zero-order valence-corrected chi connectivity index (χ0v) is 19.6. The molecule has 0 aliphatic rings. The lowest BCUT2D eigenvalue weighted by Gasteiger charge is -2.09. The summed E-state index contributed by atoms with van der Waals surface area (Å²) < 4.78 is 27.3. The van der Waals surface area contributed by atoms with Gasteiger partial charge in [-0.05, 0) is 44.2 Å². The Hall–Kier alpha value is -3.63. The van der Waals surface area contributed by atoms with Gasteiger partial charge >= 0.3 is 0 Å². The molecular formula is C23H21N5O3S2. The molecule has 4 aromatic rings. The molecule has 0 saturated carbocycles. The fourth-order valence-corrected chi connectivity index (χ4v) is 5.04. The number of hydrogen-bond acceptors (Lipinski definition) is 7. The van der Waals surface area contributed by atoms with Gasteiger partial charge in [0, 0.05) is 28.5 Å². The maximum absolute atomic E-state index is 12.7. The van der Waals surface area contributed by atoms with Crippen LogP contribution < -0.4 is 10.0 Å². The monoisotopic (exact) mass is 479 g/mol. The molecule has 10 heteroatoms. The third-order valence-corrected chi connectivity index (χ3v) is 7.01. The van der Waals surface area contributed by atoms with Crippen molar-refractivity contribution in [2.75, 3.05) is 10.0 Å². The van der Waals surface area contributed by atoms with Gasteiger partial charge in [-0.1, -0.05) is 29.8 Å². The smallest absolute Gasteiger partial charge is 0.264 e. The van der Waals surface area contributed by atoms with Crippen LogP contribution in [0.1, 0.15) is 15.4 Å². The van der Waals surface area contributed by atoms with Crippen LogP contribution in [-0.4, -0.2) is 29.3 Å². The Morgan fingerprint density at radius 1 is 0.970 bits per heavy atom. The largest absolute Gasteiger partial charge is 0.326 e. The van der Waals surface area contributed by atoms with Gasteiger partial charge in [0.15, 0.2) is 0 Å². The molecule has 4 rings (SSSR count). The van der Waals surface area contributed by atoms with Crippen molar-refractivity contribution < 1.29 is 13.2 Å². The quantitative estimate of drug-likeness (QED) is 0.411. The minimum absolute atomic E-state index is 0.0147. The summed E-state index contributed by atoms with van der Waals surface area (Å²) in [5, 5.41) is 3.70. The molecule has 0 fully saturated rings. The first-order chi connectivity index (χ1) is 15.8. The van der Waals surface area contributed by atoms with Crippen molar-refractivity contribution >= 4 is 38.9 Å². The summed E-state index contributed by atoms with van der Waals surface area (Å²) in [7, 11) is -3.84. The molecule has 0 aliphatic carbocycles. The molecule has 168 valence electrons. The lowest BCUT2D eigenvalue weighted by atomic mass is 10.1. The first-order valence-electron chi connectivity index (χ1n) is 10.0. The number of carbonyl (C=O) groups excluding carboxylic acids is 1. The zero-order chi connectivity index (χ0) is 23.4. The Labute approximate surface area is 195 Å². The van der Waals surface area contributed by atoms with Gasteiger partial charge in [-0.2, -0.15) is 0 Å². The third-order valence-electron chi connectivity index (χ3n) is 4.69. The molecule has 0 spiro atoms. The highest BCUT2D eigenvalue weighted by Crippen LogP contribution is 2.29. The highest BCUT2D eigenvalue weighted by molar-refractivity contribution is 7.92. The second-order valence-electron chi connectivity index (χ2n) is 7.30. The van der Waals surface area contributed by atoms with E-state index in [4.69, 9.17) is 0 Å². The Kier molecular flexibility index (Phi) is 6.47. The van der Waals surface area contributed by atoms with Crippen molar-refractivity contribution in [3.8, 4) is 11.3 Å². The third kappa shape index (κ3) is 5.60. The molecule has 0 unspecified atom stereocenters. The first kappa shape index (κ1) is 22.6. The normalized spacial score (nSPS) is 11.2. The molecule has 0 radical (unpaired) electrons. The summed E-state index contributed by atoms with van der Waals surface area (Å²) in [6.07, 6.45) is 3.05. The highest BCUT2D eigenvalue weighted by Gasteiger charge is 2.17. The molecule has 33 heavy (non-hydrogen) atoms. The standard InChI is InChI=1S/C23H21N5O3S2/c1-15-4-6-17(7-5-15)22-20(32-16(2)26-22)14-21(29)27-18-8-10-19(11-9-18)33(30,31)28-23-24-12-3-13-25-23/h3-13H,14H2,1-2H3,(H,27,29)(H,24,25,28). The maximum atomic E-state index is 12.7. The Morgan fingerprint density at radius 2 is 1.64 bits per heavy atom. The number of anilines is 2. The summed E-state index contributed by atoms with van der Waals surface area (Å²) >= 11 is 1.49. The SMILES string of the molecule is Cc1ccc(-c2nc(C)sc2CC(=O)Nc2ccc(S(=O)(=O)Nc3ncccn3)cc2)cc1. The molecular weight excluding hydrogens is 458 g/mol. The summed E-state index contributed by atoms with van der Waals surface area (Å²) in [4.78, 5) is 25.9. The maximum Gasteiger partial charge on any atom is 0.264 e. The van der Waals surface area contributed by atoms with E-state index in [0.29, 0.717) is 5.69 Å². The van der Waals surface area contributed by atoms with Crippen molar-refractivity contribution in [3.63, 3.8) is 0 Å². The van der Waals surface area contributed by atoms with E-state index < -0.39 is 10.0 Å². The van der Waals surface area contributed by atoms with E-state index in [1.165, 1.54) is 48.0 Å². The van der Waals surface area contributed by atoms with Crippen LogP contribution in [-0.2, 0) is 21.2 Å². The van der Waals surface area contributed by atoms with Crippen molar-refractivity contribution in [3.05, 3.63) is 82.4 Å². The number of aryl methyl sites for hydroxylation is 2. The molecule has 0 aliphatic heterocycles. The second kappa shape index (κ2) is 9.47. The second-order valence-corrected chi connectivity index (χ2v) is 10.3. The van der Waals surface area contributed by atoms with E-state index in [1.807, 2.05) is 38.1 Å². The van der Waals surface area contributed by atoms with Crippen LogP contribution in [0.5, 0.6) is 0 Å². The van der Waals surface area contributed by atoms with Gasteiger partial charge in [-0.15, -0.1) is 11.3 Å². The fraction of sp³-hybridized carbons (Fsp3) is 0.130. The Morgan fingerprint density at radius 3 is 2.30 bits per heavy atom. The van der Waals surface area contributed by atoms with Crippen molar-refractivity contribution in [1.82, 2.24) is 15.0 Å². The lowest BCUT2D eigenvalue weighted by molar-refractivity contribution is -0.115. The predicted octanol–water partition coefficient (Wildman–Crippen LogP) is 4.20. The van der Waals surface area contributed by atoms with Gasteiger partial charge in [0.2, 0.25) is 11.9 Å². The van der Waals surface area contributed by atoms with E-state index in [0.717, 1.165) is 26.7 Å². The molecule has 2 aromatic carbocycles. The topological polar surface area (TPSA) is 114 Å². The average Bonchev–Trinajstić information content (AvgIpc) is 3.14. The number of nitrogens with zero attached hydrogens (tertiary/aromatic N) is 3. The first-order valence-corrected chi connectivity index (χ1v) is 12.3. The van der Waals surface area contributed by atoms with Crippen LogP contribution >= 0.6 is 11.3 Å². The molecule has 0 bridgehead atoms. The average molecular weight is 480 g/mol. The molecule has 0 atom stereocenters. The van der Waals surface area contributed by atoms with E-state index in [9.17, 15) is 13.2 Å². The van der Waals surface area contributed by atoms with Crippen LogP contribution in [0.25, 0.3) is 11.3 Å². The van der Waals surface area contributed by atoms with E-state index >= 15 is 0 Å². The van der Waals surface area contributed by atoms with Crippen LogP contribution in [0, 0.1) is 13.8 Å². The fourth-order valence-electron chi connectivity index (χ4n) is 3.13. The van der Waals surface area contributed by atoms with Gasteiger partial charge in [-0.3, -0.25) is 4.79 Å². The minimum atomic E-state index is -3.84. The summed E-state index contributed by atoms with van der Waals surface area (Å²) in [5.74, 6) is -0.224. The van der Waals surface area contributed by atoms with Gasteiger partial charge in [-0.25, -0.2) is 28.1 Å².